The molecule has 0 spiro atoms. The summed E-state index contributed by atoms with van der Waals surface area (Å²) < 4.78 is 11.0. The van der Waals surface area contributed by atoms with Crippen LogP contribution in [0.3, 0.4) is 0 Å². The van der Waals surface area contributed by atoms with Gasteiger partial charge in [0.25, 0.3) is 17.7 Å². The lowest BCUT2D eigenvalue weighted by atomic mass is 10.1. The number of aromatic hydroxyl groups is 4. The second-order valence-electron chi connectivity index (χ2n) is 19.7. The highest BCUT2D eigenvalue weighted by Crippen LogP contribution is 2.37. The number of carbonyl (C=O) groups excluding carboxylic acids is 9. The van der Waals surface area contributed by atoms with Crippen molar-refractivity contribution in [3.8, 4) is 34.5 Å². The van der Waals surface area contributed by atoms with E-state index in [9.17, 15) is 63.6 Å². The van der Waals surface area contributed by atoms with Crippen molar-refractivity contribution in [2.24, 2.45) is 0 Å². The van der Waals surface area contributed by atoms with Gasteiger partial charge in [0.05, 0.1) is 22.7 Å². The van der Waals surface area contributed by atoms with Crippen molar-refractivity contribution in [2.45, 2.75) is 48.5 Å². The molecule has 23 heteroatoms. The molecule has 0 aliphatic carbocycles. The Morgan fingerprint density at radius 3 is 1.17 bits per heavy atom. The topological polar surface area (TPSA) is 359 Å². The fraction of sp³-hybridized carbons (Fsp3) is 0.106. The molecule has 0 atom stereocenters. The lowest BCUT2D eigenvalue weighted by molar-refractivity contribution is -0.115. The van der Waals surface area contributed by atoms with Crippen LogP contribution < -0.4 is 31.9 Å². The molecule has 0 fully saturated rings. The van der Waals surface area contributed by atoms with Crippen molar-refractivity contribution in [1.29, 1.82) is 0 Å². The third-order valence-electron chi connectivity index (χ3n) is 12.6. The maximum absolute atomic E-state index is 12.2. The summed E-state index contributed by atoms with van der Waals surface area (Å²) in [4.78, 5) is 112. The van der Waals surface area contributed by atoms with Crippen molar-refractivity contribution in [2.75, 3.05) is 31.9 Å². The highest BCUT2D eigenvalue weighted by atomic mass is 16.4. The lowest BCUT2D eigenvalue weighted by Crippen LogP contribution is -2.13. The number of ketones is 3. The molecular weight excluding hydrogens is 1140 g/mol. The van der Waals surface area contributed by atoms with E-state index in [1.54, 1.807) is 48.5 Å². The quantitative estimate of drug-likeness (QED) is 0.0291. The summed E-state index contributed by atoms with van der Waals surface area (Å²) in [6.07, 6.45) is 1.42. The van der Waals surface area contributed by atoms with E-state index in [1.807, 2.05) is 36.4 Å². The SMILES string of the molecule is CC(=O)Nc1cc(NC(=O)c2ccc(C(C)=O)cc2)c(O)cc1O.CC(=O)Nc1cc(NC(=O)c2ccc(C(C)=O)cc2)c(O)cc1O.CC(=O)Nc1cccc(NC(=O)c2ccc(C(C)=O)cc2)c1.Cc1ccc(-c2nc3cc4ncoc4cc3o2)cc1. The van der Waals surface area contributed by atoms with Crippen LogP contribution in [0.25, 0.3) is 33.7 Å². The van der Waals surface area contributed by atoms with E-state index in [0.717, 1.165) is 28.7 Å². The third-order valence-corrected chi connectivity index (χ3v) is 12.6. The van der Waals surface area contributed by atoms with Gasteiger partial charge in [0.15, 0.2) is 34.9 Å². The Morgan fingerprint density at radius 1 is 0.382 bits per heavy atom. The Hall–Kier alpha value is -12.3. The highest BCUT2D eigenvalue weighted by molar-refractivity contribution is 6.08. The number of Topliss-reactive ketones (excluding diaryl/α,β-unsaturated/α-hetero) is 3. The fourth-order valence-corrected chi connectivity index (χ4v) is 8.07. The molecule has 452 valence electrons. The van der Waals surface area contributed by atoms with Gasteiger partial charge in [0.1, 0.15) is 34.0 Å². The van der Waals surface area contributed by atoms with E-state index in [4.69, 9.17) is 8.83 Å². The maximum Gasteiger partial charge on any atom is 0.255 e. The molecule has 2 heterocycles. The Morgan fingerprint density at radius 2 is 0.764 bits per heavy atom. The summed E-state index contributed by atoms with van der Waals surface area (Å²) in [6, 6.07) is 41.6. The largest absolute Gasteiger partial charge is 0.506 e. The molecule has 0 bridgehead atoms. The van der Waals surface area contributed by atoms with Crippen LogP contribution in [0.15, 0.2) is 173 Å². The number of amides is 6. The van der Waals surface area contributed by atoms with Gasteiger partial charge >= 0.3 is 0 Å². The fourth-order valence-electron chi connectivity index (χ4n) is 8.07. The van der Waals surface area contributed by atoms with Crippen LogP contribution in [0.2, 0.25) is 0 Å². The Balaban J connectivity index is 0.000000169. The molecule has 6 amide bonds. The zero-order valence-electron chi connectivity index (χ0n) is 48.8. The lowest BCUT2D eigenvalue weighted by Gasteiger charge is -2.12. The van der Waals surface area contributed by atoms with Crippen molar-refractivity contribution >= 4 is 109 Å². The number of aryl methyl sites for hydroxylation is 1. The first kappa shape index (κ1) is 64.3. The Labute approximate surface area is 507 Å². The van der Waals surface area contributed by atoms with Gasteiger partial charge in [-0.3, -0.25) is 43.2 Å². The monoisotopic (exact) mass is 1200 g/mol. The summed E-state index contributed by atoms with van der Waals surface area (Å²) in [7, 11) is 0. The number of phenols is 4. The van der Waals surface area contributed by atoms with E-state index >= 15 is 0 Å². The van der Waals surface area contributed by atoms with E-state index in [2.05, 4.69) is 48.8 Å². The number of nitrogens with zero attached hydrogens (tertiary/aromatic N) is 2. The van der Waals surface area contributed by atoms with Gasteiger partial charge in [-0.05, 0) is 113 Å². The molecule has 2 aromatic heterocycles. The van der Waals surface area contributed by atoms with Crippen molar-refractivity contribution < 1.29 is 72.4 Å². The molecule has 89 heavy (non-hydrogen) atoms. The van der Waals surface area contributed by atoms with E-state index in [-0.39, 0.29) is 86.0 Å². The Bertz CT molecular complexity index is 4140. The molecule has 10 N–H and O–H groups in total. The molecule has 10 rings (SSSR count). The molecule has 0 radical (unpaired) electrons. The van der Waals surface area contributed by atoms with Gasteiger partial charge in [-0.1, -0.05) is 60.2 Å². The Kier molecular flexibility index (Phi) is 21.0. The van der Waals surface area contributed by atoms with Crippen LogP contribution in [0, 0.1) is 6.92 Å². The summed E-state index contributed by atoms with van der Waals surface area (Å²) in [6.45, 7) is 10.3. The second-order valence-corrected chi connectivity index (χ2v) is 19.7. The smallest absolute Gasteiger partial charge is 0.255 e. The number of anilines is 6. The summed E-state index contributed by atoms with van der Waals surface area (Å²) in [5, 5.41) is 54.1. The maximum atomic E-state index is 12.2. The highest BCUT2D eigenvalue weighted by Gasteiger charge is 2.17. The summed E-state index contributed by atoms with van der Waals surface area (Å²) in [5.74, 6) is -3.32. The van der Waals surface area contributed by atoms with Crippen molar-refractivity contribution in [3.05, 3.63) is 203 Å². The number of phenolic OH excluding ortho intramolecular Hbond substituents is 4. The number of rotatable bonds is 13. The molecule has 0 saturated carbocycles. The number of aromatic nitrogens is 2. The first-order valence-electron chi connectivity index (χ1n) is 26.8. The molecule has 23 nitrogen and oxygen atoms in total. The minimum atomic E-state index is -0.514. The number of carbonyl (C=O) groups is 9. The van der Waals surface area contributed by atoms with Crippen LogP contribution in [0.4, 0.5) is 34.1 Å². The number of hydrogen-bond acceptors (Lipinski definition) is 17. The predicted octanol–water partition coefficient (Wildman–Crippen LogP) is 12.1. The van der Waals surface area contributed by atoms with Crippen molar-refractivity contribution in [3.63, 3.8) is 0 Å². The molecule has 10 aromatic rings. The van der Waals surface area contributed by atoms with Crippen LogP contribution in [-0.4, -0.2) is 83.2 Å². The van der Waals surface area contributed by atoms with Gasteiger partial charge in [0, 0.05) is 89.3 Å². The molecule has 0 saturated heterocycles. The van der Waals surface area contributed by atoms with Crippen LogP contribution in [0.1, 0.15) is 109 Å². The van der Waals surface area contributed by atoms with Crippen LogP contribution in [0.5, 0.6) is 23.0 Å². The molecular formula is C66H58N8O15. The molecule has 0 aliphatic rings. The zero-order chi connectivity index (χ0) is 64.6. The molecule has 0 unspecified atom stereocenters. The number of nitrogens with one attached hydrogen (secondary N) is 6. The first-order chi connectivity index (χ1) is 42.3. The van der Waals surface area contributed by atoms with Gasteiger partial charge in [-0.15, -0.1) is 0 Å². The van der Waals surface area contributed by atoms with Gasteiger partial charge < -0.3 is 61.2 Å². The molecule has 0 aliphatic heterocycles. The average molecular weight is 1200 g/mol. The third kappa shape index (κ3) is 17.9. The molecule has 8 aromatic carbocycles. The van der Waals surface area contributed by atoms with E-state index in [0.29, 0.717) is 50.7 Å². The predicted molar refractivity (Wildman–Crippen MR) is 334 cm³/mol. The van der Waals surface area contributed by atoms with E-state index in [1.165, 1.54) is 114 Å². The van der Waals surface area contributed by atoms with E-state index < -0.39 is 23.6 Å². The average Bonchev–Trinajstić information content (AvgIpc) is 2.81. The van der Waals surface area contributed by atoms with Gasteiger partial charge in [-0.2, -0.15) is 0 Å². The van der Waals surface area contributed by atoms with Gasteiger partial charge in [0.2, 0.25) is 23.6 Å². The minimum absolute atomic E-state index is 0.0252. The number of hydrogen-bond donors (Lipinski definition) is 10. The normalized spacial score (nSPS) is 10.3. The van der Waals surface area contributed by atoms with Crippen molar-refractivity contribution in [1.82, 2.24) is 9.97 Å². The standard InChI is InChI=1S/2C17H16N2O5.C17H16N2O3.C15H10N2O2/c2*1-9(20)11-3-5-12(6-4-11)17(24)19-14-7-13(18-10(2)21)15(22)8-16(14)23;1-11(20)13-6-8-14(9-7-13)17(22)19-16-5-3-4-15(10-16)18-12(2)21;1-9-2-4-10(5-3-9)15-17-12-6-11-13(18-8-16-11)7-14(12)19-15/h2*3-8,22-23H,1-2H3,(H,18,21)(H,19,24);3-10H,1-2H3,(H,18,21)(H,19,22);2-8H,1H3. The van der Waals surface area contributed by atoms with Crippen LogP contribution >= 0.6 is 0 Å². The summed E-state index contributed by atoms with van der Waals surface area (Å²) >= 11 is 0. The minimum Gasteiger partial charge on any atom is -0.506 e. The first-order valence-corrected chi connectivity index (χ1v) is 26.8. The zero-order valence-corrected chi connectivity index (χ0v) is 48.8. The summed E-state index contributed by atoms with van der Waals surface area (Å²) in [5.41, 5.74) is 9.06. The van der Waals surface area contributed by atoms with Crippen LogP contribution in [-0.2, 0) is 14.4 Å². The van der Waals surface area contributed by atoms with Gasteiger partial charge in [-0.25, -0.2) is 9.97 Å². The number of oxazole rings is 2. The second kappa shape index (κ2) is 29.0. The number of benzene rings is 8. The number of fused-ring (bicyclic) bond motifs is 2.